The Bertz CT molecular complexity index is 1240. The minimum atomic E-state index is -0.361. The highest BCUT2D eigenvalue weighted by molar-refractivity contribution is 7.15. The Morgan fingerprint density at radius 2 is 1.94 bits per heavy atom. The summed E-state index contributed by atoms with van der Waals surface area (Å²) in [6, 6.07) is 11.6. The van der Waals surface area contributed by atoms with Crippen LogP contribution in [-0.2, 0) is 13.0 Å². The Morgan fingerprint density at radius 1 is 1.12 bits per heavy atom. The van der Waals surface area contributed by atoms with E-state index in [1.807, 2.05) is 17.5 Å². The number of carbonyl (C=O) groups excluding carboxylic acids is 1. The van der Waals surface area contributed by atoms with Crippen LogP contribution in [0, 0.1) is 5.82 Å². The molecule has 0 aliphatic rings. The fraction of sp³-hybridized carbons (Fsp3) is 0.227. The highest BCUT2D eigenvalue weighted by Gasteiger charge is 2.14. The SMILES string of the molecule is COc1ccc(CNC(=O)NCCc2csc3nc(-c4ccccc4F)nn23)cc1OC. The van der Waals surface area contributed by atoms with E-state index in [4.69, 9.17) is 9.47 Å². The number of rotatable bonds is 8. The van der Waals surface area contributed by atoms with Gasteiger partial charge in [0.1, 0.15) is 5.82 Å². The number of urea groups is 1. The van der Waals surface area contributed by atoms with Gasteiger partial charge in [0, 0.05) is 24.9 Å². The normalized spacial score (nSPS) is 10.8. The van der Waals surface area contributed by atoms with Gasteiger partial charge < -0.3 is 20.1 Å². The molecule has 2 N–H and O–H groups in total. The number of carbonyl (C=O) groups is 1. The number of fused-ring (bicyclic) bond motifs is 1. The third kappa shape index (κ3) is 4.65. The fourth-order valence-corrected chi connectivity index (χ4v) is 4.05. The number of amides is 2. The van der Waals surface area contributed by atoms with E-state index in [-0.39, 0.29) is 11.8 Å². The van der Waals surface area contributed by atoms with Crippen molar-refractivity contribution < 1.29 is 18.7 Å². The van der Waals surface area contributed by atoms with Gasteiger partial charge in [-0.25, -0.2) is 13.7 Å². The standard InChI is InChI=1S/C22H22FN5O3S/c1-30-18-8-7-14(11-19(18)31-2)12-25-21(29)24-10-9-15-13-32-22-26-20(27-28(15)22)16-5-3-4-6-17(16)23/h3-8,11,13H,9-10,12H2,1-2H3,(H2,24,25,29). The van der Waals surface area contributed by atoms with Crippen LogP contribution in [0.3, 0.4) is 0 Å². The maximum atomic E-state index is 14.0. The van der Waals surface area contributed by atoms with Crippen molar-refractivity contribution in [3.63, 3.8) is 0 Å². The summed E-state index contributed by atoms with van der Waals surface area (Å²) in [5.74, 6) is 1.22. The third-order valence-electron chi connectivity index (χ3n) is 4.83. The van der Waals surface area contributed by atoms with Crippen molar-refractivity contribution >= 4 is 22.3 Å². The summed E-state index contributed by atoms with van der Waals surface area (Å²) in [7, 11) is 3.14. The minimum Gasteiger partial charge on any atom is -0.493 e. The van der Waals surface area contributed by atoms with Crippen LogP contribution in [-0.4, -0.2) is 41.4 Å². The first-order valence-electron chi connectivity index (χ1n) is 9.89. The molecule has 166 valence electrons. The molecule has 2 aromatic carbocycles. The lowest BCUT2D eigenvalue weighted by atomic mass is 10.2. The molecule has 0 bridgehead atoms. The number of hydrogen-bond donors (Lipinski definition) is 2. The van der Waals surface area contributed by atoms with Gasteiger partial charge in [0.15, 0.2) is 17.3 Å². The van der Waals surface area contributed by atoms with Crippen LogP contribution in [0.5, 0.6) is 11.5 Å². The third-order valence-corrected chi connectivity index (χ3v) is 5.70. The molecule has 0 atom stereocenters. The first-order valence-corrected chi connectivity index (χ1v) is 10.8. The van der Waals surface area contributed by atoms with E-state index < -0.39 is 0 Å². The van der Waals surface area contributed by atoms with Gasteiger partial charge in [-0.05, 0) is 29.8 Å². The van der Waals surface area contributed by atoms with Gasteiger partial charge in [0.05, 0.1) is 25.5 Å². The molecule has 0 aliphatic heterocycles. The number of methoxy groups -OCH3 is 2. The smallest absolute Gasteiger partial charge is 0.315 e. The monoisotopic (exact) mass is 455 g/mol. The van der Waals surface area contributed by atoms with Crippen molar-refractivity contribution in [1.82, 2.24) is 25.2 Å². The van der Waals surface area contributed by atoms with Gasteiger partial charge in [0.25, 0.3) is 0 Å². The minimum absolute atomic E-state index is 0.281. The van der Waals surface area contributed by atoms with Crippen LogP contribution in [0.1, 0.15) is 11.3 Å². The molecule has 0 spiro atoms. The summed E-state index contributed by atoms with van der Waals surface area (Å²) in [5, 5.41) is 12.0. The van der Waals surface area contributed by atoms with Crippen LogP contribution in [0.15, 0.2) is 47.8 Å². The average Bonchev–Trinajstić information content (AvgIpc) is 3.39. The Labute approximate surface area is 188 Å². The summed E-state index contributed by atoms with van der Waals surface area (Å²) < 4.78 is 26.2. The first kappa shape index (κ1) is 21.6. The molecular weight excluding hydrogens is 433 g/mol. The largest absolute Gasteiger partial charge is 0.493 e. The molecule has 10 heteroatoms. The van der Waals surface area contributed by atoms with E-state index in [1.54, 1.807) is 43.0 Å². The number of ether oxygens (including phenoxy) is 2. The van der Waals surface area contributed by atoms with E-state index in [1.165, 1.54) is 17.4 Å². The zero-order chi connectivity index (χ0) is 22.5. The quantitative estimate of drug-likeness (QED) is 0.423. The molecule has 0 fully saturated rings. The molecule has 0 saturated carbocycles. The number of hydrogen-bond acceptors (Lipinski definition) is 6. The van der Waals surface area contributed by atoms with Crippen molar-refractivity contribution in [2.75, 3.05) is 20.8 Å². The molecular formula is C22H22FN5O3S. The van der Waals surface area contributed by atoms with Gasteiger partial charge >= 0.3 is 6.03 Å². The number of halogens is 1. The topological polar surface area (TPSA) is 89.8 Å². The second-order valence-corrected chi connectivity index (χ2v) is 7.72. The summed E-state index contributed by atoms with van der Waals surface area (Å²) in [6.07, 6.45) is 0.559. The molecule has 2 aromatic heterocycles. The van der Waals surface area contributed by atoms with Crippen molar-refractivity contribution in [3.05, 3.63) is 64.9 Å². The number of nitrogens with zero attached hydrogens (tertiary/aromatic N) is 3. The molecule has 0 saturated heterocycles. The molecule has 32 heavy (non-hydrogen) atoms. The number of nitrogens with one attached hydrogen (secondary N) is 2. The maximum absolute atomic E-state index is 14.0. The highest BCUT2D eigenvalue weighted by Crippen LogP contribution is 2.27. The van der Waals surface area contributed by atoms with E-state index in [0.717, 1.165) is 11.3 Å². The van der Waals surface area contributed by atoms with E-state index in [0.29, 0.717) is 47.4 Å². The number of aromatic nitrogens is 3. The number of thiazole rings is 1. The van der Waals surface area contributed by atoms with Crippen LogP contribution >= 0.6 is 11.3 Å². The second kappa shape index (κ2) is 9.65. The summed E-state index contributed by atoms with van der Waals surface area (Å²) >= 11 is 1.42. The van der Waals surface area contributed by atoms with Crippen LogP contribution in [0.2, 0.25) is 0 Å². The summed E-state index contributed by atoms with van der Waals surface area (Å²) in [4.78, 5) is 17.2. The Kier molecular flexibility index (Phi) is 6.50. The lowest BCUT2D eigenvalue weighted by molar-refractivity contribution is 0.240. The number of benzene rings is 2. The zero-order valence-corrected chi connectivity index (χ0v) is 18.4. The van der Waals surface area contributed by atoms with Crippen molar-refractivity contribution in [1.29, 1.82) is 0 Å². The Morgan fingerprint density at radius 3 is 2.72 bits per heavy atom. The van der Waals surface area contributed by atoms with E-state index in [9.17, 15) is 9.18 Å². The molecule has 8 nitrogen and oxygen atoms in total. The van der Waals surface area contributed by atoms with E-state index in [2.05, 4.69) is 20.7 Å². The Hall–Kier alpha value is -3.66. The van der Waals surface area contributed by atoms with Crippen LogP contribution in [0.25, 0.3) is 16.3 Å². The zero-order valence-electron chi connectivity index (χ0n) is 17.6. The molecule has 0 aliphatic carbocycles. The fourth-order valence-electron chi connectivity index (χ4n) is 3.19. The van der Waals surface area contributed by atoms with Crippen molar-refractivity contribution in [2.45, 2.75) is 13.0 Å². The lowest BCUT2D eigenvalue weighted by Gasteiger charge is -2.11. The Balaban J connectivity index is 1.31. The van der Waals surface area contributed by atoms with Crippen molar-refractivity contribution in [3.8, 4) is 22.9 Å². The molecule has 0 unspecified atom stereocenters. The highest BCUT2D eigenvalue weighted by atomic mass is 32.1. The van der Waals surface area contributed by atoms with Gasteiger partial charge in [-0.15, -0.1) is 16.4 Å². The molecule has 2 heterocycles. The summed E-state index contributed by atoms with van der Waals surface area (Å²) in [5.41, 5.74) is 2.14. The average molecular weight is 456 g/mol. The van der Waals surface area contributed by atoms with Crippen LogP contribution < -0.4 is 20.1 Å². The van der Waals surface area contributed by atoms with Gasteiger partial charge in [0.2, 0.25) is 4.96 Å². The molecule has 0 radical (unpaired) electrons. The van der Waals surface area contributed by atoms with Gasteiger partial charge in [-0.2, -0.15) is 4.98 Å². The summed E-state index contributed by atoms with van der Waals surface area (Å²) in [6.45, 7) is 0.766. The van der Waals surface area contributed by atoms with Crippen molar-refractivity contribution in [2.24, 2.45) is 0 Å². The molecule has 4 aromatic rings. The predicted molar refractivity (Wildman–Crippen MR) is 120 cm³/mol. The lowest BCUT2D eigenvalue weighted by Crippen LogP contribution is -2.36. The van der Waals surface area contributed by atoms with Gasteiger partial charge in [-0.3, -0.25) is 0 Å². The first-order chi connectivity index (χ1) is 15.6. The second-order valence-electron chi connectivity index (χ2n) is 6.89. The van der Waals surface area contributed by atoms with Gasteiger partial charge in [-0.1, -0.05) is 18.2 Å². The predicted octanol–water partition coefficient (Wildman–Crippen LogP) is 3.66. The molecule has 4 rings (SSSR count). The van der Waals surface area contributed by atoms with E-state index >= 15 is 0 Å². The maximum Gasteiger partial charge on any atom is 0.315 e. The molecule has 2 amide bonds. The van der Waals surface area contributed by atoms with Crippen LogP contribution in [0.4, 0.5) is 9.18 Å².